The Morgan fingerprint density at radius 3 is 2.56 bits per heavy atom. The third-order valence-corrected chi connectivity index (χ3v) is 5.61. The van der Waals surface area contributed by atoms with Crippen molar-refractivity contribution in [3.63, 3.8) is 0 Å². The van der Waals surface area contributed by atoms with Crippen LogP contribution < -0.4 is 25.5 Å². The van der Waals surface area contributed by atoms with Crippen LogP contribution in [0.25, 0.3) is 0 Å². The number of methoxy groups -OCH3 is 1. The number of amides is 2. The van der Waals surface area contributed by atoms with Crippen LogP contribution in [0.5, 0.6) is 17.2 Å². The van der Waals surface area contributed by atoms with Gasteiger partial charge in [0.1, 0.15) is 6.61 Å². The van der Waals surface area contributed by atoms with Crippen LogP contribution in [0.4, 0.5) is 16.2 Å². The van der Waals surface area contributed by atoms with Gasteiger partial charge in [-0.05, 0) is 31.5 Å². The number of benzene rings is 2. The summed E-state index contributed by atoms with van der Waals surface area (Å²) in [7, 11) is 1.22. The minimum absolute atomic E-state index is 0.195. The van der Waals surface area contributed by atoms with Gasteiger partial charge in [0, 0.05) is 11.8 Å². The zero-order valence-corrected chi connectivity index (χ0v) is 21.9. The number of nitro groups is 2. The first-order valence-electron chi connectivity index (χ1n) is 11.8. The minimum Gasteiger partial charge on any atom is -0.502 e. The van der Waals surface area contributed by atoms with Crippen molar-refractivity contribution in [2.45, 2.75) is 26.1 Å². The number of aromatic hydroxyl groups is 1. The second-order valence-corrected chi connectivity index (χ2v) is 8.33. The predicted molar refractivity (Wildman–Crippen MR) is 140 cm³/mol. The number of rotatable bonds is 12. The minimum atomic E-state index is -1.43. The Morgan fingerprint density at radius 2 is 1.93 bits per heavy atom. The summed E-state index contributed by atoms with van der Waals surface area (Å²) >= 11 is 0. The van der Waals surface area contributed by atoms with Gasteiger partial charge in [-0.1, -0.05) is 6.07 Å². The maximum absolute atomic E-state index is 12.4. The third kappa shape index (κ3) is 7.15. The molecule has 41 heavy (non-hydrogen) atoms. The zero-order chi connectivity index (χ0) is 30.3. The van der Waals surface area contributed by atoms with E-state index in [-0.39, 0.29) is 35.8 Å². The van der Waals surface area contributed by atoms with Crippen molar-refractivity contribution in [1.29, 1.82) is 0 Å². The average molecular weight is 575 g/mol. The summed E-state index contributed by atoms with van der Waals surface area (Å²) in [6, 6.07) is 4.78. The molecule has 0 bridgehead atoms. The average Bonchev–Trinajstić information content (AvgIpc) is 2.92. The SMILES string of the molecule is CCOc1cc([C@@H]2NC(=O)NC(C)=C2C(=O)OC)ccc1OC[C@@H](O)N/N=C\c1cc([N+](=O)[O-])cc([N+](=O)[O-])c1O. The molecular formula is C24H26N6O11. The van der Waals surface area contributed by atoms with Crippen molar-refractivity contribution in [2.24, 2.45) is 5.10 Å². The number of hydrazone groups is 1. The summed E-state index contributed by atoms with van der Waals surface area (Å²) in [6.45, 7) is 3.15. The fraction of sp³-hybridized carbons (Fsp3) is 0.292. The monoisotopic (exact) mass is 574 g/mol. The molecule has 0 aliphatic carbocycles. The van der Waals surface area contributed by atoms with Crippen LogP contribution >= 0.6 is 0 Å². The highest BCUT2D eigenvalue weighted by atomic mass is 16.6. The Hall–Kier alpha value is -5.45. The second kappa shape index (κ2) is 13.1. The fourth-order valence-electron chi connectivity index (χ4n) is 3.78. The van der Waals surface area contributed by atoms with Crippen LogP contribution in [0.1, 0.15) is 31.0 Å². The first-order valence-corrected chi connectivity index (χ1v) is 11.8. The quantitative estimate of drug-likeness (QED) is 0.0801. The van der Waals surface area contributed by atoms with Gasteiger partial charge in [0.05, 0.1) is 53.0 Å². The molecule has 3 rings (SSSR count). The number of nitrogens with zero attached hydrogens (tertiary/aromatic N) is 3. The molecule has 2 aromatic rings. The number of nitrogens with one attached hydrogen (secondary N) is 3. The lowest BCUT2D eigenvalue weighted by molar-refractivity contribution is -0.394. The molecule has 0 aromatic heterocycles. The van der Waals surface area contributed by atoms with Gasteiger partial charge >= 0.3 is 17.7 Å². The molecule has 0 unspecified atom stereocenters. The number of ether oxygens (including phenoxy) is 3. The number of phenols is 1. The number of nitro benzene ring substituents is 2. The second-order valence-electron chi connectivity index (χ2n) is 8.33. The van der Waals surface area contributed by atoms with Gasteiger partial charge in [-0.25, -0.2) is 9.59 Å². The number of non-ortho nitro benzene ring substituents is 1. The molecule has 1 aliphatic rings. The van der Waals surface area contributed by atoms with Gasteiger partial charge < -0.3 is 35.1 Å². The number of allylic oxidation sites excluding steroid dienone is 1. The largest absolute Gasteiger partial charge is 0.502 e. The number of aliphatic hydroxyl groups excluding tert-OH is 1. The first-order chi connectivity index (χ1) is 19.5. The maximum atomic E-state index is 12.4. The third-order valence-electron chi connectivity index (χ3n) is 5.61. The Balaban J connectivity index is 1.74. The molecule has 2 atom stereocenters. The van der Waals surface area contributed by atoms with E-state index in [1.807, 2.05) is 0 Å². The lowest BCUT2D eigenvalue weighted by Gasteiger charge is -2.28. The fourth-order valence-corrected chi connectivity index (χ4v) is 3.78. The van der Waals surface area contributed by atoms with Crippen molar-refractivity contribution in [3.05, 3.63) is 73.0 Å². The highest BCUT2D eigenvalue weighted by Gasteiger charge is 2.32. The van der Waals surface area contributed by atoms with Crippen LogP contribution in [0.15, 0.2) is 46.7 Å². The van der Waals surface area contributed by atoms with Crippen molar-refractivity contribution >= 4 is 29.6 Å². The highest BCUT2D eigenvalue weighted by Crippen LogP contribution is 2.35. The van der Waals surface area contributed by atoms with Crippen LogP contribution in [0.3, 0.4) is 0 Å². The molecule has 0 saturated carbocycles. The number of phenolic OH excluding ortho intramolecular Hbond substituents is 1. The van der Waals surface area contributed by atoms with E-state index in [0.717, 1.165) is 12.3 Å². The highest BCUT2D eigenvalue weighted by molar-refractivity contribution is 5.95. The summed E-state index contributed by atoms with van der Waals surface area (Å²) in [6.07, 6.45) is -0.572. The predicted octanol–water partition coefficient (Wildman–Crippen LogP) is 1.73. The molecular weight excluding hydrogens is 548 g/mol. The van der Waals surface area contributed by atoms with Crippen molar-refractivity contribution in [1.82, 2.24) is 16.1 Å². The first kappa shape index (κ1) is 30.1. The standard InChI is InChI=1S/C24H26N6O11/c1-4-40-18-8-13(21-20(23(33)39-3)12(2)26-24(34)27-21)5-6-17(18)41-11-19(31)28-25-10-14-7-15(29(35)36)9-16(22(14)32)30(37)38/h5-10,19,21,28,31-32H,4,11H2,1-3H3,(H2,26,27,34)/b25-10-/t19-,21+/m1/s1. The topological polar surface area (TPSA) is 237 Å². The molecule has 218 valence electrons. The Bertz CT molecular complexity index is 1430. The van der Waals surface area contributed by atoms with Crippen LogP contribution in [-0.2, 0) is 9.53 Å². The Kier molecular flexibility index (Phi) is 9.59. The molecule has 2 amide bonds. The molecule has 0 saturated heterocycles. The normalized spacial score (nSPS) is 15.5. The van der Waals surface area contributed by atoms with Gasteiger partial charge in [0.15, 0.2) is 17.7 Å². The van der Waals surface area contributed by atoms with Crippen molar-refractivity contribution in [2.75, 3.05) is 20.3 Å². The van der Waals surface area contributed by atoms with Crippen LogP contribution in [0.2, 0.25) is 0 Å². The summed E-state index contributed by atoms with van der Waals surface area (Å²) in [4.78, 5) is 44.7. The molecule has 17 heteroatoms. The lowest BCUT2D eigenvalue weighted by Crippen LogP contribution is -2.45. The number of urea groups is 1. The molecule has 0 radical (unpaired) electrons. The van der Waals surface area contributed by atoms with E-state index in [1.165, 1.54) is 13.2 Å². The molecule has 17 nitrogen and oxygen atoms in total. The smallest absolute Gasteiger partial charge is 0.337 e. The Labute approximate surface area is 231 Å². The van der Waals surface area contributed by atoms with E-state index >= 15 is 0 Å². The summed E-state index contributed by atoms with van der Waals surface area (Å²) in [5.74, 6) is -1.04. The number of esters is 1. The van der Waals surface area contributed by atoms with E-state index in [1.54, 1.807) is 26.0 Å². The number of aliphatic hydroxyl groups is 1. The molecule has 5 N–H and O–H groups in total. The summed E-state index contributed by atoms with van der Waals surface area (Å²) in [5.41, 5.74) is 1.43. The van der Waals surface area contributed by atoms with E-state index < -0.39 is 51.2 Å². The van der Waals surface area contributed by atoms with E-state index in [4.69, 9.17) is 14.2 Å². The van der Waals surface area contributed by atoms with E-state index in [0.29, 0.717) is 17.3 Å². The molecule has 1 aliphatic heterocycles. The molecule has 2 aromatic carbocycles. The van der Waals surface area contributed by atoms with E-state index in [9.17, 15) is 40.0 Å². The zero-order valence-electron chi connectivity index (χ0n) is 21.9. The Morgan fingerprint density at radius 1 is 1.20 bits per heavy atom. The molecule has 0 spiro atoms. The summed E-state index contributed by atoms with van der Waals surface area (Å²) in [5, 5.41) is 51.2. The number of carbonyl (C=O) groups is 2. The molecule has 0 fully saturated rings. The number of carbonyl (C=O) groups excluding carboxylic acids is 2. The number of hydrogen-bond acceptors (Lipinski definition) is 13. The van der Waals surface area contributed by atoms with Gasteiger partial charge in [-0.15, -0.1) is 0 Å². The van der Waals surface area contributed by atoms with Crippen molar-refractivity contribution in [3.8, 4) is 17.2 Å². The van der Waals surface area contributed by atoms with Gasteiger partial charge in [0.2, 0.25) is 5.75 Å². The number of hydrogen-bond donors (Lipinski definition) is 5. The lowest BCUT2D eigenvalue weighted by atomic mass is 9.95. The summed E-state index contributed by atoms with van der Waals surface area (Å²) < 4.78 is 16.1. The van der Waals surface area contributed by atoms with Crippen molar-refractivity contribution < 1.29 is 43.9 Å². The van der Waals surface area contributed by atoms with Crippen LogP contribution in [0, 0.1) is 20.2 Å². The van der Waals surface area contributed by atoms with Gasteiger partial charge in [-0.2, -0.15) is 5.10 Å². The maximum Gasteiger partial charge on any atom is 0.337 e. The van der Waals surface area contributed by atoms with Gasteiger partial charge in [-0.3, -0.25) is 25.7 Å². The van der Waals surface area contributed by atoms with E-state index in [2.05, 4.69) is 21.2 Å². The van der Waals surface area contributed by atoms with Gasteiger partial charge in [0.25, 0.3) is 5.69 Å². The van der Waals surface area contributed by atoms with Crippen LogP contribution in [-0.4, -0.2) is 64.8 Å². The molecule has 1 heterocycles.